The maximum absolute atomic E-state index is 11.2. The van der Waals surface area contributed by atoms with Gasteiger partial charge in [-0.15, -0.1) is 0 Å². The highest BCUT2D eigenvalue weighted by atomic mass is 32.2. The minimum Gasteiger partial charge on any atom is -0.229 e. The lowest BCUT2D eigenvalue weighted by Gasteiger charge is -2.33. The van der Waals surface area contributed by atoms with Gasteiger partial charge < -0.3 is 0 Å². The number of hydrogen-bond acceptors (Lipinski definition) is 2. The molecular formula is C12H26O2S. The van der Waals surface area contributed by atoms with Crippen molar-refractivity contribution in [1.82, 2.24) is 0 Å². The van der Waals surface area contributed by atoms with Gasteiger partial charge in [-0.05, 0) is 24.2 Å². The Bertz CT molecular complexity index is 267. The average Bonchev–Trinajstić information content (AvgIpc) is 2.10. The molecule has 0 radical (unpaired) electrons. The Morgan fingerprint density at radius 3 is 2.07 bits per heavy atom. The molecule has 0 fully saturated rings. The van der Waals surface area contributed by atoms with E-state index in [0.29, 0.717) is 11.7 Å². The van der Waals surface area contributed by atoms with Gasteiger partial charge in [0.25, 0.3) is 0 Å². The fraction of sp³-hybridized carbons (Fsp3) is 1.00. The van der Waals surface area contributed by atoms with E-state index in [4.69, 9.17) is 0 Å². The molecule has 0 N–H and O–H groups in total. The Morgan fingerprint density at radius 2 is 1.73 bits per heavy atom. The predicted molar refractivity (Wildman–Crippen MR) is 66.8 cm³/mol. The van der Waals surface area contributed by atoms with E-state index >= 15 is 0 Å². The van der Waals surface area contributed by atoms with Gasteiger partial charge in [0.1, 0.15) is 9.84 Å². The molecule has 0 aliphatic heterocycles. The second-order valence-corrected chi connectivity index (χ2v) is 7.55. The summed E-state index contributed by atoms with van der Waals surface area (Å²) in [7, 11) is -2.82. The first kappa shape index (κ1) is 14.9. The zero-order chi connectivity index (χ0) is 12.1. The fourth-order valence-corrected chi connectivity index (χ4v) is 2.54. The first-order valence-electron chi connectivity index (χ1n) is 5.89. The SMILES string of the molecule is CCCCC(C)(CCS(C)(=O)=O)C(C)C. The van der Waals surface area contributed by atoms with Gasteiger partial charge >= 0.3 is 0 Å². The summed E-state index contributed by atoms with van der Waals surface area (Å²) < 4.78 is 22.3. The Labute approximate surface area is 95.4 Å². The van der Waals surface area contributed by atoms with Crippen LogP contribution in [0.15, 0.2) is 0 Å². The summed E-state index contributed by atoms with van der Waals surface area (Å²) in [6.45, 7) is 8.78. The Kier molecular flexibility index (Phi) is 5.86. The summed E-state index contributed by atoms with van der Waals surface area (Å²) in [5.41, 5.74) is 0.180. The van der Waals surface area contributed by atoms with E-state index in [-0.39, 0.29) is 5.41 Å². The number of unbranched alkanes of at least 4 members (excludes halogenated alkanes) is 1. The zero-order valence-electron chi connectivity index (χ0n) is 10.8. The molecule has 1 atom stereocenters. The van der Waals surface area contributed by atoms with Crippen LogP contribution in [-0.4, -0.2) is 20.4 Å². The predicted octanol–water partition coefficient (Wildman–Crippen LogP) is 3.27. The lowest BCUT2D eigenvalue weighted by atomic mass is 9.73. The highest BCUT2D eigenvalue weighted by molar-refractivity contribution is 7.90. The highest BCUT2D eigenvalue weighted by Crippen LogP contribution is 2.36. The van der Waals surface area contributed by atoms with Crippen LogP contribution in [0.3, 0.4) is 0 Å². The van der Waals surface area contributed by atoms with Crippen LogP contribution >= 0.6 is 0 Å². The zero-order valence-corrected chi connectivity index (χ0v) is 11.7. The molecule has 3 heteroatoms. The number of sulfone groups is 1. The van der Waals surface area contributed by atoms with Crippen LogP contribution in [0.5, 0.6) is 0 Å². The molecule has 1 unspecified atom stereocenters. The third-order valence-corrected chi connectivity index (χ3v) is 4.48. The molecule has 2 nitrogen and oxygen atoms in total. The van der Waals surface area contributed by atoms with E-state index < -0.39 is 9.84 Å². The molecule has 0 bridgehead atoms. The second kappa shape index (κ2) is 5.88. The van der Waals surface area contributed by atoms with Gasteiger partial charge in [0.05, 0.1) is 5.75 Å². The molecule has 0 aromatic rings. The van der Waals surface area contributed by atoms with Crippen molar-refractivity contribution in [2.24, 2.45) is 11.3 Å². The Morgan fingerprint density at radius 1 is 1.20 bits per heavy atom. The largest absolute Gasteiger partial charge is 0.229 e. The van der Waals surface area contributed by atoms with Gasteiger partial charge in [-0.2, -0.15) is 0 Å². The molecule has 0 aromatic heterocycles. The van der Waals surface area contributed by atoms with Crippen molar-refractivity contribution >= 4 is 9.84 Å². The van der Waals surface area contributed by atoms with Crippen molar-refractivity contribution < 1.29 is 8.42 Å². The number of hydrogen-bond donors (Lipinski definition) is 0. The van der Waals surface area contributed by atoms with Crippen LogP contribution in [0, 0.1) is 11.3 Å². The normalized spacial score (nSPS) is 16.7. The lowest BCUT2D eigenvalue weighted by Crippen LogP contribution is -2.26. The van der Waals surface area contributed by atoms with E-state index in [9.17, 15) is 8.42 Å². The minimum absolute atomic E-state index is 0.180. The molecule has 0 rings (SSSR count). The van der Waals surface area contributed by atoms with E-state index in [1.807, 2.05) is 0 Å². The Hall–Kier alpha value is -0.0500. The van der Waals surface area contributed by atoms with Crippen LogP contribution in [-0.2, 0) is 9.84 Å². The van der Waals surface area contributed by atoms with Crippen LogP contribution in [0.2, 0.25) is 0 Å². The molecular weight excluding hydrogens is 208 g/mol. The van der Waals surface area contributed by atoms with Crippen molar-refractivity contribution in [2.45, 2.75) is 53.4 Å². The smallest absolute Gasteiger partial charge is 0.147 e. The summed E-state index contributed by atoms with van der Waals surface area (Å²) in [5.74, 6) is 0.872. The van der Waals surface area contributed by atoms with Gasteiger partial charge in [-0.3, -0.25) is 0 Å². The van der Waals surface area contributed by atoms with Crippen LogP contribution < -0.4 is 0 Å². The molecule has 0 aliphatic carbocycles. The van der Waals surface area contributed by atoms with Gasteiger partial charge in [-0.25, -0.2) is 8.42 Å². The van der Waals surface area contributed by atoms with Gasteiger partial charge in [0.15, 0.2) is 0 Å². The molecule has 0 amide bonds. The molecule has 0 spiro atoms. The topological polar surface area (TPSA) is 34.1 Å². The standard InChI is InChI=1S/C12H26O2S/c1-6-7-8-12(4,11(2)3)9-10-15(5,13)14/h11H,6-10H2,1-5H3. The monoisotopic (exact) mass is 234 g/mol. The summed E-state index contributed by atoms with van der Waals surface area (Å²) >= 11 is 0. The number of rotatable bonds is 7. The van der Waals surface area contributed by atoms with Gasteiger partial charge in [-0.1, -0.05) is 40.5 Å². The van der Waals surface area contributed by atoms with Crippen molar-refractivity contribution in [2.75, 3.05) is 12.0 Å². The molecule has 0 aliphatic rings. The van der Waals surface area contributed by atoms with E-state index in [2.05, 4.69) is 27.7 Å². The third-order valence-electron chi connectivity index (χ3n) is 3.54. The van der Waals surface area contributed by atoms with Crippen LogP contribution in [0.1, 0.15) is 53.4 Å². The minimum atomic E-state index is -2.82. The van der Waals surface area contributed by atoms with Crippen molar-refractivity contribution in [3.05, 3.63) is 0 Å². The maximum Gasteiger partial charge on any atom is 0.147 e. The molecule has 0 aromatic carbocycles. The Balaban J connectivity index is 4.38. The van der Waals surface area contributed by atoms with E-state index in [0.717, 1.165) is 12.8 Å². The van der Waals surface area contributed by atoms with Crippen LogP contribution in [0.4, 0.5) is 0 Å². The molecule has 0 heterocycles. The van der Waals surface area contributed by atoms with Crippen molar-refractivity contribution in [3.8, 4) is 0 Å². The van der Waals surface area contributed by atoms with Gasteiger partial charge in [0, 0.05) is 6.26 Å². The summed E-state index contributed by atoms with van der Waals surface area (Å²) in [4.78, 5) is 0. The maximum atomic E-state index is 11.2. The quantitative estimate of drug-likeness (QED) is 0.677. The molecule has 0 saturated heterocycles. The summed E-state index contributed by atoms with van der Waals surface area (Å²) in [5, 5.41) is 0. The first-order valence-corrected chi connectivity index (χ1v) is 7.95. The van der Waals surface area contributed by atoms with Crippen molar-refractivity contribution in [1.29, 1.82) is 0 Å². The summed E-state index contributed by atoms with van der Waals surface area (Å²) in [6.07, 6.45) is 5.63. The third kappa shape index (κ3) is 6.18. The lowest BCUT2D eigenvalue weighted by molar-refractivity contribution is 0.186. The fourth-order valence-electron chi connectivity index (χ4n) is 1.70. The average molecular weight is 234 g/mol. The first-order chi connectivity index (χ1) is 6.71. The van der Waals surface area contributed by atoms with E-state index in [1.165, 1.54) is 19.1 Å². The van der Waals surface area contributed by atoms with Gasteiger partial charge in [0.2, 0.25) is 0 Å². The summed E-state index contributed by atoms with van der Waals surface area (Å²) in [6, 6.07) is 0. The van der Waals surface area contributed by atoms with Crippen molar-refractivity contribution in [3.63, 3.8) is 0 Å². The highest BCUT2D eigenvalue weighted by Gasteiger charge is 2.28. The molecule has 0 saturated carbocycles. The van der Waals surface area contributed by atoms with Crippen LogP contribution in [0.25, 0.3) is 0 Å². The van der Waals surface area contributed by atoms with E-state index in [1.54, 1.807) is 0 Å². The second-order valence-electron chi connectivity index (χ2n) is 5.29. The molecule has 92 valence electrons. The molecule has 15 heavy (non-hydrogen) atoms.